The Morgan fingerprint density at radius 2 is 1.43 bits per heavy atom. The van der Waals surface area contributed by atoms with Crippen molar-refractivity contribution in [2.45, 2.75) is 18.0 Å². The zero-order valence-corrected chi connectivity index (χ0v) is 16.7. The molecule has 0 aliphatic heterocycles. The van der Waals surface area contributed by atoms with E-state index in [9.17, 15) is 13.2 Å². The number of hydrogen-bond donors (Lipinski definition) is 1. The number of carbonyl (C=O) groups is 1. The summed E-state index contributed by atoms with van der Waals surface area (Å²) in [4.78, 5) is 17.1. The zero-order valence-electron chi connectivity index (χ0n) is 15.9. The minimum atomic E-state index is -3.70. The van der Waals surface area contributed by atoms with E-state index in [1.54, 1.807) is 11.9 Å². The summed E-state index contributed by atoms with van der Waals surface area (Å²) in [6, 6.07) is 20.4. The van der Waals surface area contributed by atoms with E-state index < -0.39 is 10.0 Å². The van der Waals surface area contributed by atoms with Gasteiger partial charge in [-0.3, -0.25) is 4.79 Å². The maximum atomic E-state index is 12.8. The molecule has 0 atom stereocenters. The molecule has 6 nitrogen and oxygen atoms in total. The summed E-state index contributed by atoms with van der Waals surface area (Å²) in [5.41, 5.74) is 2.13. The lowest BCUT2D eigenvalue weighted by atomic mass is 10.2. The molecule has 1 amide bonds. The number of hydrogen-bond acceptors (Lipinski definition) is 3. The third-order valence-corrected chi connectivity index (χ3v) is 6.23. The molecule has 1 heterocycles. The van der Waals surface area contributed by atoms with E-state index in [2.05, 4.69) is 4.98 Å². The topological polar surface area (TPSA) is 73.5 Å². The van der Waals surface area contributed by atoms with E-state index in [-0.39, 0.29) is 23.0 Å². The van der Waals surface area contributed by atoms with Gasteiger partial charge < -0.3 is 9.88 Å². The van der Waals surface area contributed by atoms with Crippen molar-refractivity contribution in [3.05, 3.63) is 89.7 Å². The van der Waals surface area contributed by atoms with Gasteiger partial charge in [-0.15, -0.1) is 0 Å². The summed E-state index contributed by atoms with van der Waals surface area (Å²) in [6.45, 7) is 0.695. The van der Waals surface area contributed by atoms with Gasteiger partial charge in [0, 0.05) is 33.4 Å². The van der Waals surface area contributed by atoms with Gasteiger partial charge in [0.1, 0.15) is 10.6 Å². The van der Waals surface area contributed by atoms with E-state index >= 15 is 0 Å². The molecule has 0 fully saturated rings. The molecule has 0 spiro atoms. The number of rotatable bonds is 7. The Kier molecular flexibility index (Phi) is 5.96. The second kappa shape index (κ2) is 8.41. The van der Waals surface area contributed by atoms with Crippen molar-refractivity contribution >= 4 is 15.9 Å². The molecule has 3 rings (SSSR count). The van der Waals surface area contributed by atoms with Crippen molar-refractivity contribution in [2.75, 3.05) is 14.1 Å². The summed E-state index contributed by atoms with van der Waals surface area (Å²) < 4.78 is 26.9. The van der Waals surface area contributed by atoms with Crippen LogP contribution in [0.5, 0.6) is 0 Å². The standard InChI is InChI=1S/C21H23N3O3S/c1-23(15-17-9-5-3-6-10-17)21(25)20-13-19(14-22-20)28(26,27)24(2)16-18-11-7-4-8-12-18/h3-14,22H,15-16H2,1-2H3. The molecule has 1 N–H and O–H groups in total. The van der Waals surface area contributed by atoms with Crippen LogP contribution in [0.2, 0.25) is 0 Å². The van der Waals surface area contributed by atoms with Crippen molar-refractivity contribution in [3.8, 4) is 0 Å². The summed E-state index contributed by atoms with van der Waals surface area (Å²) >= 11 is 0. The molecular formula is C21H23N3O3S. The van der Waals surface area contributed by atoms with Crippen molar-refractivity contribution in [1.82, 2.24) is 14.2 Å². The summed E-state index contributed by atoms with van der Waals surface area (Å²) in [7, 11) is -0.491. The highest BCUT2D eigenvalue weighted by molar-refractivity contribution is 7.89. The normalized spacial score (nSPS) is 11.5. The number of H-pyrrole nitrogens is 1. The van der Waals surface area contributed by atoms with Gasteiger partial charge in [0.15, 0.2) is 0 Å². The number of benzene rings is 2. The van der Waals surface area contributed by atoms with Crippen LogP contribution in [0.3, 0.4) is 0 Å². The number of aromatic amines is 1. The van der Waals surface area contributed by atoms with Gasteiger partial charge in [0.25, 0.3) is 5.91 Å². The van der Waals surface area contributed by atoms with Crippen LogP contribution in [0.4, 0.5) is 0 Å². The van der Waals surface area contributed by atoms with Crippen molar-refractivity contribution < 1.29 is 13.2 Å². The number of carbonyl (C=O) groups excluding carboxylic acids is 1. The Labute approximate surface area is 165 Å². The highest BCUT2D eigenvalue weighted by atomic mass is 32.2. The van der Waals surface area contributed by atoms with Crippen LogP contribution in [0.25, 0.3) is 0 Å². The fourth-order valence-electron chi connectivity index (χ4n) is 2.89. The third-order valence-electron chi connectivity index (χ3n) is 4.45. The summed E-state index contributed by atoms with van der Waals surface area (Å²) in [5, 5.41) is 0. The van der Waals surface area contributed by atoms with Gasteiger partial charge >= 0.3 is 0 Å². The molecular weight excluding hydrogens is 374 g/mol. The third kappa shape index (κ3) is 4.49. The lowest BCUT2D eigenvalue weighted by Crippen LogP contribution is -2.27. The Bertz CT molecular complexity index is 1030. The molecule has 0 unspecified atom stereocenters. The van der Waals surface area contributed by atoms with Crippen LogP contribution in [-0.2, 0) is 23.1 Å². The SMILES string of the molecule is CN(Cc1ccccc1)C(=O)c1cc(S(=O)(=O)N(C)Cc2ccccc2)c[nH]1. The highest BCUT2D eigenvalue weighted by Crippen LogP contribution is 2.19. The van der Waals surface area contributed by atoms with Gasteiger partial charge in [-0.2, -0.15) is 4.31 Å². The predicted octanol–water partition coefficient (Wildman–Crippen LogP) is 3.11. The fourth-order valence-corrected chi connectivity index (χ4v) is 4.04. The first-order valence-corrected chi connectivity index (χ1v) is 10.3. The first-order chi connectivity index (χ1) is 13.4. The van der Waals surface area contributed by atoms with Gasteiger partial charge in [-0.05, 0) is 17.2 Å². The van der Waals surface area contributed by atoms with Crippen LogP contribution >= 0.6 is 0 Å². The molecule has 7 heteroatoms. The summed E-state index contributed by atoms with van der Waals surface area (Å²) in [6.07, 6.45) is 1.36. The molecule has 0 bridgehead atoms. The second-order valence-electron chi connectivity index (χ2n) is 6.64. The average molecular weight is 398 g/mol. The molecule has 1 aromatic heterocycles. The molecule has 0 radical (unpaired) electrons. The fraction of sp³-hybridized carbons (Fsp3) is 0.190. The number of sulfonamides is 1. The second-order valence-corrected chi connectivity index (χ2v) is 8.69. The van der Waals surface area contributed by atoms with Crippen molar-refractivity contribution in [2.24, 2.45) is 0 Å². The number of nitrogens with zero attached hydrogens (tertiary/aromatic N) is 2. The molecule has 2 aromatic carbocycles. The van der Waals surface area contributed by atoms with E-state index in [1.165, 1.54) is 23.6 Å². The van der Waals surface area contributed by atoms with Crippen molar-refractivity contribution in [3.63, 3.8) is 0 Å². The molecule has 0 saturated carbocycles. The summed E-state index contributed by atoms with van der Waals surface area (Å²) in [5.74, 6) is -0.268. The van der Waals surface area contributed by atoms with E-state index in [0.717, 1.165) is 11.1 Å². The quantitative estimate of drug-likeness (QED) is 0.666. The van der Waals surface area contributed by atoms with Crippen LogP contribution < -0.4 is 0 Å². The van der Waals surface area contributed by atoms with Gasteiger partial charge in [-0.1, -0.05) is 60.7 Å². The molecule has 0 aliphatic rings. The zero-order chi connectivity index (χ0) is 20.1. The maximum absolute atomic E-state index is 12.8. The number of amides is 1. The highest BCUT2D eigenvalue weighted by Gasteiger charge is 2.24. The average Bonchev–Trinajstić information content (AvgIpc) is 3.20. The Hall–Kier alpha value is -2.90. The lowest BCUT2D eigenvalue weighted by molar-refractivity contribution is 0.0780. The van der Waals surface area contributed by atoms with E-state index in [1.807, 2.05) is 60.7 Å². The molecule has 146 valence electrons. The Balaban J connectivity index is 1.72. The van der Waals surface area contributed by atoms with E-state index in [4.69, 9.17) is 0 Å². The number of nitrogens with one attached hydrogen (secondary N) is 1. The van der Waals surface area contributed by atoms with Gasteiger partial charge in [-0.25, -0.2) is 8.42 Å². The molecule has 3 aromatic rings. The van der Waals surface area contributed by atoms with Crippen LogP contribution in [-0.4, -0.2) is 42.6 Å². The smallest absolute Gasteiger partial charge is 0.270 e. The van der Waals surface area contributed by atoms with Gasteiger partial charge in [0.2, 0.25) is 10.0 Å². The maximum Gasteiger partial charge on any atom is 0.270 e. The minimum absolute atomic E-state index is 0.0717. The first-order valence-electron chi connectivity index (χ1n) is 8.86. The predicted molar refractivity (Wildman–Crippen MR) is 108 cm³/mol. The Morgan fingerprint density at radius 3 is 2.00 bits per heavy atom. The van der Waals surface area contributed by atoms with Gasteiger partial charge in [0.05, 0.1) is 0 Å². The Morgan fingerprint density at radius 1 is 0.893 bits per heavy atom. The number of aromatic nitrogens is 1. The van der Waals surface area contributed by atoms with Crippen LogP contribution in [0, 0.1) is 0 Å². The monoisotopic (exact) mass is 397 g/mol. The lowest BCUT2D eigenvalue weighted by Gasteiger charge is -2.17. The van der Waals surface area contributed by atoms with Crippen LogP contribution in [0.15, 0.2) is 77.8 Å². The van der Waals surface area contributed by atoms with E-state index in [0.29, 0.717) is 6.54 Å². The first kappa shape index (κ1) is 19.9. The molecule has 0 saturated heterocycles. The molecule has 0 aliphatic carbocycles. The van der Waals surface area contributed by atoms with Crippen LogP contribution in [0.1, 0.15) is 21.6 Å². The molecule has 28 heavy (non-hydrogen) atoms. The largest absolute Gasteiger partial charge is 0.356 e. The minimum Gasteiger partial charge on any atom is -0.356 e. The van der Waals surface area contributed by atoms with Crippen molar-refractivity contribution in [1.29, 1.82) is 0 Å².